The van der Waals surface area contributed by atoms with E-state index in [-0.39, 0.29) is 11.9 Å². The molecular weight excluding hydrogens is 410 g/mol. The van der Waals surface area contributed by atoms with Crippen LogP contribution in [0.2, 0.25) is 0 Å². The van der Waals surface area contributed by atoms with Crippen molar-refractivity contribution < 1.29 is 14.3 Å². The molecule has 1 saturated heterocycles. The molecule has 2 aromatic rings. The molecule has 1 aliphatic heterocycles. The maximum Gasteiger partial charge on any atom is 0.321 e. The maximum absolute atomic E-state index is 12.5. The Hall–Kier alpha value is -2.54. The summed E-state index contributed by atoms with van der Waals surface area (Å²) in [5, 5.41) is 5.81. The summed E-state index contributed by atoms with van der Waals surface area (Å²) in [4.78, 5) is 26.5. The highest BCUT2D eigenvalue weighted by Crippen LogP contribution is 2.22. The summed E-state index contributed by atoms with van der Waals surface area (Å²) >= 11 is 3.39. The Kier molecular flexibility index (Phi) is 6.34. The Morgan fingerprint density at radius 1 is 1.15 bits per heavy atom. The first kappa shape index (κ1) is 19.2. The van der Waals surface area contributed by atoms with Crippen molar-refractivity contribution in [2.75, 3.05) is 25.5 Å². The first-order chi connectivity index (χ1) is 13.1. The normalized spacial score (nSPS) is 13.3. The molecule has 0 atom stereocenters. The summed E-state index contributed by atoms with van der Waals surface area (Å²) < 4.78 is 5.87. The molecule has 142 valence electrons. The highest BCUT2D eigenvalue weighted by Gasteiger charge is 2.17. The number of likely N-dealkylation sites (tertiary alicyclic amines) is 1. The Morgan fingerprint density at radius 2 is 1.93 bits per heavy atom. The minimum Gasteiger partial charge on any atom is -0.497 e. The second-order valence-corrected chi connectivity index (χ2v) is 7.21. The monoisotopic (exact) mass is 431 g/mol. The van der Waals surface area contributed by atoms with E-state index in [0.29, 0.717) is 22.3 Å². The summed E-state index contributed by atoms with van der Waals surface area (Å²) in [6.45, 7) is 1.96. The van der Waals surface area contributed by atoms with Gasteiger partial charge in [0.15, 0.2) is 0 Å². The number of urea groups is 1. The molecule has 27 heavy (non-hydrogen) atoms. The Bertz CT molecular complexity index is 835. The summed E-state index contributed by atoms with van der Waals surface area (Å²) in [7, 11) is 1.56. The van der Waals surface area contributed by atoms with Crippen LogP contribution in [0.4, 0.5) is 10.5 Å². The lowest BCUT2D eigenvalue weighted by atomic mass is 10.1. The van der Waals surface area contributed by atoms with Crippen LogP contribution in [0.5, 0.6) is 5.75 Å². The third kappa shape index (κ3) is 5.01. The summed E-state index contributed by atoms with van der Waals surface area (Å²) in [5.74, 6) is 0.419. The van der Waals surface area contributed by atoms with Gasteiger partial charge in [0.25, 0.3) is 5.91 Å². The predicted molar refractivity (Wildman–Crippen MR) is 108 cm³/mol. The van der Waals surface area contributed by atoms with Gasteiger partial charge < -0.3 is 20.3 Å². The van der Waals surface area contributed by atoms with Crippen LogP contribution in [-0.4, -0.2) is 37.0 Å². The number of hydrogen-bond acceptors (Lipinski definition) is 3. The number of rotatable bonds is 5. The predicted octanol–water partition coefficient (Wildman–Crippen LogP) is 4.02. The number of nitrogens with zero attached hydrogens (tertiary/aromatic N) is 1. The van der Waals surface area contributed by atoms with Crippen molar-refractivity contribution in [1.29, 1.82) is 0 Å². The molecular formula is C20H22BrN3O3. The molecule has 6 nitrogen and oxygen atoms in total. The van der Waals surface area contributed by atoms with E-state index in [4.69, 9.17) is 4.74 Å². The number of anilines is 1. The van der Waals surface area contributed by atoms with Crippen LogP contribution >= 0.6 is 15.9 Å². The SMILES string of the molecule is COc1ccc(Br)c(C(=O)NCc2cccc(NC(=O)N3CCCC3)c2)c1. The zero-order valence-corrected chi connectivity index (χ0v) is 16.7. The zero-order chi connectivity index (χ0) is 19.2. The largest absolute Gasteiger partial charge is 0.497 e. The van der Waals surface area contributed by atoms with Crippen LogP contribution in [0.3, 0.4) is 0 Å². The quantitative estimate of drug-likeness (QED) is 0.750. The fraction of sp³-hybridized carbons (Fsp3) is 0.300. The van der Waals surface area contributed by atoms with Crippen LogP contribution in [-0.2, 0) is 6.54 Å². The fourth-order valence-electron chi connectivity index (χ4n) is 2.96. The van der Waals surface area contributed by atoms with Gasteiger partial charge in [-0.05, 0) is 64.7 Å². The van der Waals surface area contributed by atoms with Gasteiger partial charge in [0.1, 0.15) is 5.75 Å². The Labute approximate surface area is 167 Å². The van der Waals surface area contributed by atoms with E-state index in [9.17, 15) is 9.59 Å². The van der Waals surface area contributed by atoms with Crippen molar-refractivity contribution in [3.63, 3.8) is 0 Å². The van der Waals surface area contributed by atoms with E-state index in [1.54, 1.807) is 25.3 Å². The van der Waals surface area contributed by atoms with Gasteiger partial charge in [-0.25, -0.2) is 4.79 Å². The van der Waals surface area contributed by atoms with Gasteiger partial charge in [-0.15, -0.1) is 0 Å². The lowest BCUT2D eigenvalue weighted by Crippen LogP contribution is -2.32. The number of benzene rings is 2. The topological polar surface area (TPSA) is 70.7 Å². The highest BCUT2D eigenvalue weighted by atomic mass is 79.9. The first-order valence-electron chi connectivity index (χ1n) is 8.83. The molecule has 0 radical (unpaired) electrons. The molecule has 1 fully saturated rings. The van der Waals surface area contributed by atoms with Crippen molar-refractivity contribution in [1.82, 2.24) is 10.2 Å². The number of carbonyl (C=O) groups is 2. The number of halogens is 1. The molecule has 0 aliphatic carbocycles. The minimum absolute atomic E-state index is 0.0750. The van der Waals surface area contributed by atoms with Gasteiger partial charge in [0.2, 0.25) is 0 Å². The molecule has 3 rings (SSSR count). The molecule has 0 aromatic heterocycles. The summed E-state index contributed by atoms with van der Waals surface area (Å²) in [6.07, 6.45) is 2.11. The smallest absolute Gasteiger partial charge is 0.321 e. The van der Waals surface area contributed by atoms with Crippen molar-refractivity contribution in [2.24, 2.45) is 0 Å². The van der Waals surface area contributed by atoms with E-state index in [1.165, 1.54) is 0 Å². The molecule has 0 unspecified atom stereocenters. The van der Waals surface area contributed by atoms with Crippen molar-refractivity contribution >= 4 is 33.6 Å². The molecule has 1 heterocycles. The molecule has 1 aliphatic rings. The summed E-state index contributed by atoms with van der Waals surface area (Å²) in [6, 6.07) is 12.7. The third-order valence-corrected chi connectivity index (χ3v) is 5.13. The molecule has 2 N–H and O–H groups in total. The van der Waals surface area contributed by atoms with Gasteiger partial charge in [0.05, 0.1) is 12.7 Å². The van der Waals surface area contributed by atoms with E-state index in [1.807, 2.05) is 29.2 Å². The molecule has 7 heteroatoms. The van der Waals surface area contributed by atoms with Crippen molar-refractivity contribution in [2.45, 2.75) is 19.4 Å². The molecule has 0 saturated carbocycles. The van der Waals surface area contributed by atoms with E-state index in [0.717, 1.165) is 37.2 Å². The van der Waals surface area contributed by atoms with Gasteiger partial charge >= 0.3 is 6.03 Å². The molecule has 2 aromatic carbocycles. The standard InChI is InChI=1S/C20H22BrN3O3/c1-27-16-7-8-18(21)17(12-16)19(25)22-13-14-5-4-6-15(11-14)23-20(26)24-9-2-3-10-24/h4-8,11-12H,2-3,9-10,13H2,1H3,(H,22,25)(H,23,26). The van der Waals surface area contributed by atoms with Crippen LogP contribution in [0.1, 0.15) is 28.8 Å². The van der Waals surface area contributed by atoms with E-state index >= 15 is 0 Å². The number of hydrogen-bond donors (Lipinski definition) is 2. The Balaban J connectivity index is 1.61. The Morgan fingerprint density at radius 3 is 2.67 bits per heavy atom. The number of carbonyl (C=O) groups excluding carboxylic acids is 2. The van der Waals surface area contributed by atoms with Gasteiger partial charge in [0, 0.05) is 29.8 Å². The molecule has 0 spiro atoms. The second kappa shape index (κ2) is 8.90. The zero-order valence-electron chi connectivity index (χ0n) is 15.1. The number of nitrogens with one attached hydrogen (secondary N) is 2. The third-order valence-electron chi connectivity index (χ3n) is 4.44. The average molecular weight is 432 g/mol. The fourth-order valence-corrected chi connectivity index (χ4v) is 3.39. The van der Waals surface area contributed by atoms with Crippen LogP contribution in [0.25, 0.3) is 0 Å². The number of methoxy groups -OCH3 is 1. The van der Waals surface area contributed by atoms with Gasteiger partial charge in [-0.2, -0.15) is 0 Å². The number of amides is 3. The first-order valence-corrected chi connectivity index (χ1v) is 9.63. The maximum atomic E-state index is 12.5. The molecule has 0 bridgehead atoms. The second-order valence-electron chi connectivity index (χ2n) is 6.35. The van der Waals surface area contributed by atoms with Crippen LogP contribution < -0.4 is 15.4 Å². The minimum atomic E-state index is -0.202. The summed E-state index contributed by atoms with van der Waals surface area (Å²) in [5.41, 5.74) is 2.13. The highest BCUT2D eigenvalue weighted by molar-refractivity contribution is 9.10. The number of ether oxygens (including phenoxy) is 1. The average Bonchev–Trinajstić information content (AvgIpc) is 3.22. The van der Waals surface area contributed by atoms with Crippen LogP contribution in [0.15, 0.2) is 46.9 Å². The van der Waals surface area contributed by atoms with Crippen LogP contribution in [0, 0.1) is 0 Å². The van der Waals surface area contributed by atoms with Crippen molar-refractivity contribution in [3.05, 3.63) is 58.1 Å². The van der Waals surface area contributed by atoms with Crippen molar-refractivity contribution in [3.8, 4) is 5.75 Å². The van der Waals surface area contributed by atoms with Gasteiger partial charge in [-0.3, -0.25) is 4.79 Å². The lowest BCUT2D eigenvalue weighted by molar-refractivity contribution is 0.0949. The van der Waals surface area contributed by atoms with Gasteiger partial charge in [-0.1, -0.05) is 12.1 Å². The van der Waals surface area contributed by atoms with E-state index < -0.39 is 0 Å². The van der Waals surface area contributed by atoms with E-state index in [2.05, 4.69) is 26.6 Å². The lowest BCUT2D eigenvalue weighted by Gasteiger charge is -2.16. The molecule has 3 amide bonds.